The molecule has 0 aliphatic rings. The van der Waals surface area contributed by atoms with Crippen LogP contribution in [0.15, 0.2) is 29.2 Å². The molecule has 0 unspecified atom stereocenters. The predicted octanol–water partition coefficient (Wildman–Crippen LogP) is 1.24. The van der Waals surface area contributed by atoms with E-state index in [4.69, 9.17) is 0 Å². The van der Waals surface area contributed by atoms with Crippen LogP contribution in [-0.2, 0) is 10.0 Å². The zero-order valence-electron chi connectivity index (χ0n) is 11.3. The van der Waals surface area contributed by atoms with Crippen LogP contribution in [0.3, 0.4) is 0 Å². The Morgan fingerprint density at radius 3 is 2.16 bits per heavy atom. The smallest absolute Gasteiger partial charge is 0.270 e. The first kappa shape index (κ1) is 15.5. The Balaban J connectivity index is 2.74. The summed E-state index contributed by atoms with van der Waals surface area (Å²) in [7, 11) is -3.83. The summed E-state index contributed by atoms with van der Waals surface area (Å²) in [4.78, 5) is 11.6. The Morgan fingerprint density at radius 2 is 1.68 bits per heavy atom. The van der Waals surface area contributed by atoms with Crippen molar-refractivity contribution >= 4 is 16.1 Å². The number of nitrogens with zero attached hydrogens (tertiary/aromatic N) is 1. The van der Waals surface area contributed by atoms with Crippen LogP contribution in [0.2, 0.25) is 0 Å². The molecule has 0 saturated heterocycles. The summed E-state index contributed by atoms with van der Waals surface area (Å²) >= 11 is 0. The number of hydrogen-bond donors (Lipinski definition) is 2. The number of rotatable bonds is 5. The molecule has 2 N–H and O–H groups in total. The Morgan fingerprint density at radius 1 is 1.16 bits per heavy atom. The van der Waals surface area contributed by atoms with E-state index in [1.807, 2.05) is 25.5 Å². The van der Waals surface area contributed by atoms with E-state index in [9.17, 15) is 13.2 Å². The summed E-state index contributed by atoms with van der Waals surface area (Å²) in [6.07, 6.45) is 0. The van der Waals surface area contributed by atoms with Crippen molar-refractivity contribution < 1.29 is 13.2 Å². The first-order chi connectivity index (χ1) is 8.89. The van der Waals surface area contributed by atoms with Gasteiger partial charge < -0.3 is 0 Å². The van der Waals surface area contributed by atoms with Crippen molar-refractivity contribution in [2.24, 2.45) is 0 Å². The Hall–Kier alpha value is -1.60. The number of urea groups is 1. The topological polar surface area (TPSA) is 78.5 Å². The van der Waals surface area contributed by atoms with Gasteiger partial charge in [-0.2, -0.15) is 0 Å². The largest absolute Gasteiger partial charge is 0.343 e. The second-order valence-corrected chi connectivity index (χ2v) is 5.71. The summed E-state index contributed by atoms with van der Waals surface area (Å²) in [5.41, 5.74) is 3.41. The highest BCUT2D eigenvalue weighted by molar-refractivity contribution is 7.90. The van der Waals surface area contributed by atoms with Crippen LogP contribution in [0.1, 0.15) is 19.4 Å². The van der Waals surface area contributed by atoms with E-state index in [2.05, 4.69) is 5.43 Å². The van der Waals surface area contributed by atoms with Crippen molar-refractivity contribution in [1.82, 2.24) is 15.2 Å². The molecule has 1 aromatic carbocycles. The van der Waals surface area contributed by atoms with Gasteiger partial charge in [0.1, 0.15) is 0 Å². The Labute approximate surface area is 113 Å². The summed E-state index contributed by atoms with van der Waals surface area (Å²) in [5.74, 6) is 0. The monoisotopic (exact) mass is 285 g/mol. The highest BCUT2D eigenvalue weighted by atomic mass is 32.2. The molecule has 106 valence electrons. The third-order valence-corrected chi connectivity index (χ3v) is 3.93. The summed E-state index contributed by atoms with van der Waals surface area (Å²) in [5, 5.41) is 1.60. The van der Waals surface area contributed by atoms with Gasteiger partial charge in [0, 0.05) is 13.1 Å². The number of carbonyl (C=O) groups excluding carboxylic acids is 1. The molecule has 0 atom stereocenters. The average molecular weight is 285 g/mol. The van der Waals surface area contributed by atoms with Crippen LogP contribution >= 0.6 is 0 Å². The molecule has 0 fully saturated rings. The molecule has 0 aliphatic carbocycles. The first-order valence-corrected chi connectivity index (χ1v) is 7.52. The maximum Gasteiger partial charge on any atom is 0.343 e. The number of sulfonamides is 1. The number of nitrogens with one attached hydrogen (secondary N) is 2. The SMILES string of the molecule is CCN(CC)NC(=O)NS(=O)(=O)c1ccc(C)cc1. The zero-order valence-corrected chi connectivity index (χ0v) is 12.1. The summed E-state index contributed by atoms with van der Waals surface area (Å²) in [6.45, 7) is 6.76. The van der Waals surface area contributed by atoms with Crippen molar-refractivity contribution in [2.45, 2.75) is 25.7 Å². The molecular formula is C12H19N3O3S. The average Bonchev–Trinajstić information content (AvgIpc) is 2.35. The normalized spacial score (nSPS) is 11.4. The fourth-order valence-electron chi connectivity index (χ4n) is 1.45. The molecule has 1 rings (SSSR count). The van der Waals surface area contributed by atoms with Crippen LogP contribution in [0.4, 0.5) is 4.79 Å². The zero-order chi connectivity index (χ0) is 14.5. The molecule has 0 aliphatic heterocycles. The van der Waals surface area contributed by atoms with Gasteiger partial charge in [-0.15, -0.1) is 0 Å². The highest BCUT2D eigenvalue weighted by Gasteiger charge is 2.18. The first-order valence-electron chi connectivity index (χ1n) is 6.04. The molecular weight excluding hydrogens is 266 g/mol. The van der Waals surface area contributed by atoms with Gasteiger partial charge in [-0.25, -0.2) is 22.9 Å². The van der Waals surface area contributed by atoms with Crippen LogP contribution in [0.25, 0.3) is 0 Å². The Bertz CT molecular complexity index is 522. The summed E-state index contributed by atoms with van der Waals surface area (Å²) < 4.78 is 25.8. The van der Waals surface area contributed by atoms with Crippen molar-refractivity contribution in [3.8, 4) is 0 Å². The molecule has 6 nitrogen and oxygen atoms in total. The summed E-state index contributed by atoms with van der Waals surface area (Å²) in [6, 6.07) is 5.52. The van der Waals surface area contributed by atoms with E-state index in [0.717, 1.165) is 5.56 Å². The van der Waals surface area contributed by atoms with Gasteiger partial charge in [0.25, 0.3) is 10.0 Å². The molecule has 0 aromatic heterocycles. The lowest BCUT2D eigenvalue weighted by Crippen LogP contribution is -2.48. The minimum absolute atomic E-state index is 0.0628. The van der Waals surface area contributed by atoms with Gasteiger partial charge in [0.15, 0.2) is 0 Å². The van der Waals surface area contributed by atoms with Crippen LogP contribution in [0.5, 0.6) is 0 Å². The number of carbonyl (C=O) groups is 1. The molecule has 19 heavy (non-hydrogen) atoms. The number of amides is 2. The maximum atomic E-state index is 11.9. The van der Waals surface area contributed by atoms with Gasteiger partial charge in [0.05, 0.1) is 4.90 Å². The predicted molar refractivity (Wildman–Crippen MR) is 73.0 cm³/mol. The molecule has 2 amide bonds. The van der Waals surface area contributed by atoms with Crippen LogP contribution in [-0.4, -0.2) is 32.5 Å². The van der Waals surface area contributed by atoms with Crippen LogP contribution < -0.4 is 10.1 Å². The lowest BCUT2D eigenvalue weighted by Gasteiger charge is -2.19. The Kier molecular flexibility index (Phi) is 5.31. The molecule has 1 aromatic rings. The number of hydrogen-bond acceptors (Lipinski definition) is 4. The minimum Gasteiger partial charge on any atom is -0.270 e. The fourth-order valence-corrected chi connectivity index (χ4v) is 2.35. The van der Waals surface area contributed by atoms with Gasteiger partial charge in [-0.1, -0.05) is 31.5 Å². The maximum absolute atomic E-state index is 11.9. The van der Waals surface area contributed by atoms with E-state index in [-0.39, 0.29) is 4.90 Å². The number of hydrazine groups is 1. The van der Waals surface area contributed by atoms with E-state index >= 15 is 0 Å². The molecule has 7 heteroatoms. The van der Waals surface area contributed by atoms with Gasteiger partial charge >= 0.3 is 6.03 Å². The quantitative estimate of drug-likeness (QED) is 0.798. The fraction of sp³-hybridized carbons (Fsp3) is 0.417. The van der Waals surface area contributed by atoms with Crippen molar-refractivity contribution in [2.75, 3.05) is 13.1 Å². The molecule has 0 heterocycles. The van der Waals surface area contributed by atoms with Crippen LogP contribution in [0, 0.1) is 6.92 Å². The lowest BCUT2D eigenvalue weighted by molar-refractivity contribution is 0.191. The third-order valence-electron chi connectivity index (χ3n) is 2.58. The van der Waals surface area contributed by atoms with E-state index in [1.54, 1.807) is 17.1 Å². The molecule has 0 radical (unpaired) electrons. The van der Waals surface area contributed by atoms with Gasteiger partial charge in [-0.05, 0) is 19.1 Å². The molecule has 0 bridgehead atoms. The third kappa shape index (κ3) is 4.53. The number of aryl methyl sites for hydroxylation is 1. The van der Waals surface area contributed by atoms with E-state index in [0.29, 0.717) is 13.1 Å². The van der Waals surface area contributed by atoms with Gasteiger partial charge in [-0.3, -0.25) is 5.43 Å². The van der Waals surface area contributed by atoms with Crippen molar-refractivity contribution in [1.29, 1.82) is 0 Å². The second-order valence-electron chi connectivity index (χ2n) is 4.03. The molecule has 0 saturated carbocycles. The lowest BCUT2D eigenvalue weighted by atomic mass is 10.2. The molecule has 0 spiro atoms. The minimum atomic E-state index is -3.83. The van der Waals surface area contributed by atoms with E-state index < -0.39 is 16.1 Å². The van der Waals surface area contributed by atoms with Gasteiger partial charge in [0.2, 0.25) is 0 Å². The number of benzene rings is 1. The standard InChI is InChI=1S/C12H19N3O3S/c1-4-15(5-2)13-12(16)14-19(17,18)11-8-6-10(3)7-9-11/h6-9H,4-5H2,1-3H3,(H2,13,14,16). The highest BCUT2D eigenvalue weighted by Crippen LogP contribution is 2.09. The second kappa shape index (κ2) is 6.53. The van der Waals surface area contributed by atoms with E-state index in [1.165, 1.54) is 12.1 Å². The van der Waals surface area contributed by atoms with Crippen molar-refractivity contribution in [3.63, 3.8) is 0 Å². The van der Waals surface area contributed by atoms with Crippen molar-refractivity contribution in [3.05, 3.63) is 29.8 Å².